The van der Waals surface area contributed by atoms with Crippen molar-refractivity contribution < 1.29 is 4.52 Å². The Morgan fingerprint density at radius 3 is 1.60 bits per heavy atom. The molecular formula is C17H21OPS. The lowest BCUT2D eigenvalue weighted by atomic mass is 9.99. The van der Waals surface area contributed by atoms with E-state index < -0.39 is 6.26 Å². The number of rotatable bonds is 4. The van der Waals surface area contributed by atoms with E-state index in [-0.39, 0.29) is 5.41 Å². The van der Waals surface area contributed by atoms with Gasteiger partial charge in [0.2, 0.25) is 0 Å². The van der Waals surface area contributed by atoms with E-state index in [2.05, 4.69) is 45.0 Å². The van der Waals surface area contributed by atoms with Gasteiger partial charge >= 0.3 is 0 Å². The van der Waals surface area contributed by atoms with Gasteiger partial charge in [-0.15, -0.1) is 0 Å². The Labute approximate surface area is 127 Å². The molecule has 0 atom stereocenters. The van der Waals surface area contributed by atoms with E-state index in [1.807, 2.05) is 36.4 Å². The summed E-state index contributed by atoms with van der Waals surface area (Å²) in [4.78, 5) is 0. The molecule has 0 bridgehead atoms. The zero-order valence-corrected chi connectivity index (χ0v) is 14.0. The minimum atomic E-state index is -2.19. The van der Waals surface area contributed by atoms with Crippen LogP contribution in [-0.4, -0.2) is 6.61 Å². The van der Waals surface area contributed by atoms with E-state index in [0.717, 1.165) is 10.6 Å². The fraction of sp³-hybridized carbons (Fsp3) is 0.294. The maximum absolute atomic E-state index is 6.29. The molecule has 0 aromatic heterocycles. The third-order valence-corrected chi connectivity index (χ3v) is 6.90. The van der Waals surface area contributed by atoms with Crippen LogP contribution in [0.2, 0.25) is 0 Å². The van der Waals surface area contributed by atoms with Crippen LogP contribution in [0.3, 0.4) is 0 Å². The summed E-state index contributed by atoms with van der Waals surface area (Å²) in [6.07, 6.45) is -2.19. The summed E-state index contributed by atoms with van der Waals surface area (Å²) >= 11 is 5.99. The lowest BCUT2D eigenvalue weighted by Crippen LogP contribution is -2.22. The number of hydrogen-bond acceptors (Lipinski definition) is 2. The summed E-state index contributed by atoms with van der Waals surface area (Å²) in [5.74, 6) is 0. The molecule has 0 unspecified atom stereocenters. The van der Waals surface area contributed by atoms with Crippen molar-refractivity contribution in [3.8, 4) is 0 Å². The first-order valence-electron chi connectivity index (χ1n) is 6.78. The van der Waals surface area contributed by atoms with Crippen LogP contribution in [0.25, 0.3) is 0 Å². The molecule has 2 aromatic rings. The van der Waals surface area contributed by atoms with Crippen molar-refractivity contribution in [2.24, 2.45) is 5.41 Å². The second-order valence-corrected chi connectivity index (χ2v) is 9.99. The molecule has 106 valence electrons. The van der Waals surface area contributed by atoms with Crippen molar-refractivity contribution in [2.45, 2.75) is 20.8 Å². The summed E-state index contributed by atoms with van der Waals surface area (Å²) in [6.45, 7) is 7.17. The van der Waals surface area contributed by atoms with Gasteiger partial charge in [0.1, 0.15) is 6.26 Å². The second kappa shape index (κ2) is 6.22. The molecular weight excluding hydrogens is 283 g/mol. The van der Waals surface area contributed by atoms with Gasteiger partial charge in [-0.3, -0.25) is 0 Å². The Hall–Kier alpha value is -0.950. The van der Waals surface area contributed by atoms with Gasteiger partial charge in [-0.05, 0) is 5.41 Å². The lowest BCUT2D eigenvalue weighted by molar-refractivity contribution is 0.219. The van der Waals surface area contributed by atoms with Crippen molar-refractivity contribution in [1.29, 1.82) is 0 Å². The van der Waals surface area contributed by atoms with E-state index in [9.17, 15) is 0 Å². The van der Waals surface area contributed by atoms with Gasteiger partial charge in [0, 0.05) is 10.6 Å². The Kier molecular flexibility index (Phi) is 4.80. The van der Waals surface area contributed by atoms with E-state index in [1.165, 1.54) is 0 Å². The maximum Gasteiger partial charge on any atom is 0.123 e. The topological polar surface area (TPSA) is 9.23 Å². The monoisotopic (exact) mass is 304 g/mol. The summed E-state index contributed by atoms with van der Waals surface area (Å²) in [5.41, 5.74) is 0.105. The highest BCUT2D eigenvalue weighted by molar-refractivity contribution is 8.19. The normalized spacial score (nSPS) is 12.3. The SMILES string of the molecule is CC(C)(C)COP(=S)(c1ccccc1)c1ccccc1. The Bertz CT molecular complexity index is 544. The van der Waals surface area contributed by atoms with Gasteiger partial charge in [0.25, 0.3) is 0 Å². The van der Waals surface area contributed by atoms with Crippen molar-refractivity contribution in [2.75, 3.05) is 6.61 Å². The van der Waals surface area contributed by atoms with Crippen LogP contribution in [-0.2, 0) is 16.3 Å². The number of benzene rings is 2. The third-order valence-electron chi connectivity index (χ3n) is 2.87. The lowest BCUT2D eigenvalue weighted by Gasteiger charge is -2.28. The average Bonchev–Trinajstić information content (AvgIpc) is 2.46. The molecule has 0 fully saturated rings. The standard InChI is InChI=1S/C17H21OPS/c1-17(2,3)14-18-19(20,15-10-6-4-7-11-15)16-12-8-5-9-13-16/h4-13H,14H2,1-3H3. The van der Waals surface area contributed by atoms with Gasteiger partial charge < -0.3 is 4.52 Å². The van der Waals surface area contributed by atoms with E-state index >= 15 is 0 Å². The van der Waals surface area contributed by atoms with Gasteiger partial charge in [-0.2, -0.15) is 0 Å². The van der Waals surface area contributed by atoms with E-state index in [0.29, 0.717) is 6.61 Å². The first-order chi connectivity index (χ1) is 9.42. The Morgan fingerprint density at radius 2 is 1.25 bits per heavy atom. The second-order valence-electron chi connectivity index (χ2n) is 6.06. The molecule has 0 amide bonds. The Morgan fingerprint density at radius 1 is 0.850 bits per heavy atom. The third kappa shape index (κ3) is 3.79. The summed E-state index contributed by atoms with van der Waals surface area (Å²) in [5, 5.41) is 2.23. The van der Waals surface area contributed by atoms with Crippen molar-refractivity contribution >= 4 is 28.7 Å². The predicted octanol–water partition coefficient (Wildman–Crippen LogP) is 4.09. The molecule has 0 spiro atoms. The first kappa shape index (κ1) is 15.4. The molecule has 0 aliphatic carbocycles. The largest absolute Gasteiger partial charge is 0.342 e. The molecule has 0 radical (unpaired) electrons. The molecule has 0 aliphatic heterocycles. The highest BCUT2D eigenvalue weighted by Gasteiger charge is 2.25. The molecule has 0 N–H and O–H groups in total. The summed E-state index contributed by atoms with van der Waals surface area (Å²) < 4.78 is 6.29. The zero-order valence-electron chi connectivity index (χ0n) is 12.2. The molecule has 0 aliphatic rings. The van der Waals surface area contributed by atoms with Gasteiger partial charge in [0.15, 0.2) is 0 Å². The molecule has 3 heteroatoms. The molecule has 1 nitrogen and oxygen atoms in total. The molecule has 20 heavy (non-hydrogen) atoms. The molecule has 2 aromatic carbocycles. The quantitative estimate of drug-likeness (QED) is 0.787. The highest BCUT2D eigenvalue weighted by Crippen LogP contribution is 2.46. The highest BCUT2D eigenvalue weighted by atomic mass is 32.4. The van der Waals surface area contributed by atoms with Crippen molar-refractivity contribution in [3.05, 3.63) is 60.7 Å². The van der Waals surface area contributed by atoms with Crippen LogP contribution in [0.1, 0.15) is 20.8 Å². The number of hydrogen-bond donors (Lipinski definition) is 0. The van der Waals surface area contributed by atoms with Crippen LogP contribution < -0.4 is 10.6 Å². The zero-order chi connectivity index (χ0) is 14.6. The fourth-order valence-corrected chi connectivity index (χ4v) is 5.01. The smallest absolute Gasteiger partial charge is 0.123 e. The van der Waals surface area contributed by atoms with Crippen molar-refractivity contribution in [1.82, 2.24) is 0 Å². The molecule has 0 heterocycles. The van der Waals surface area contributed by atoms with E-state index in [4.69, 9.17) is 16.3 Å². The van der Waals surface area contributed by atoms with Crippen molar-refractivity contribution in [3.63, 3.8) is 0 Å². The van der Waals surface area contributed by atoms with Gasteiger partial charge in [-0.25, -0.2) is 0 Å². The van der Waals surface area contributed by atoms with Gasteiger partial charge in [-0.1, -0.05) is 93.2 Å². The maximum atomic E-state index is 6.29. The van der Waals surface area contributed by atoms with Crippen LogP contribution >= 0.6 is 6.26 Å². The first-order valence-corrected chi connectivity index (χ1v) is 9.50. The minimum Gasteiger partial charge on any atom is -0.342 e. The molecule has 0 saturated heterocycles. The minimum absolute atomic E-state index is 0.105. The average molecular weight is 304 g/mol. The van der Waals surface area contributed by atoms with Gasteiger partial charge in [0.05, 0.1) is 6.61 Å². The van der Waals surface area contributed by atoms with E-state index in [1.54, 1.807) is 0 Å². The summed E-state index contributed by atoms with van der Waals surface area (Å²) in [6, 6.07) is 20.5. The van der Waals surface area contributed by atoms with Crippen LogP contribution in [0.15, 0.2) is 60.7 Å². The summed E-state index contributed by atoms with van der Waals surface area (Å²) in [7, 11) is 0. The molecule has 0 saturated carbocycles. The van der Waals surface area contributed by atoms with Crippen LogP contribution in [0.5, 0.6) is 0 Å². The van der Waals surface area contributed by atoms with Crippen LogP contribution in [0.4, 0.5) is 0 Å². The fourth-order valence-electron chi connectivity index (χ4n) is 1.83. The predicted molar refractivity (Wildman–Crippen MR) is 91.8 cm³/mol. The van der Waals surface area contributed by atoms with Crippen LogP contribution in [0, 0.1) is 5.41 Å². The Balaban J connectivity index is 2.42. The molecule has 2 rings (SSSR count).